The molecule has 0 spiro atoms. The molecule has 3 rings (SSSR count). The fourth-order valence-electron chi connectivity index (χ4n) is 3.84. The van der Waals surface area contributed by atoms with Gasteiger partial charge in [-0.05, 0) is 76.3 Å². The van der Waals surface area contributed by atoms with Crippen LogP contribution >= 0.6 is 0 Å². The Morgan fingerprint density at radius 2 is 1.61 bits per heavy atom. The molecular weight excluding hydrogens is 352 g/mol. The minimum absolute atomic E-state index is 0.502. The van der Waals surface area contributed by atoms with E-state index in [0.717, 1.165) is 41.9 Å². The standard InChI is InChI=1S/C22H28N4O2/c1-15-10-16(2)12-20(11-15)26-17(3)13-19(18(26)4)14-23-24-21(27)22(28)25-8-6-5-7-9-25/h10-14H,5-9H2,1-4H3,(H,24,27)/b23-14-. The number of carbonyl (C=O) groups excluding carboxylic acids is 2. The van der Waals surface area contributed by atoms with Crippen LogP contribution < -0.4 is 5.43 Å². The lowest BCUT2D eigenvalue weighted by Crippen LogP contribution is -2.43. The first-order chi connectivity index (χ1) is 13.4. The second-order valence-electron chi connectivity index (χ2n) is 7.56. The lowest BCUT2D eigenvalue weighted by atomic mass is 10.1. The van der Waals surface area contributed by atoms with Crippen LogP contribution in [0.25, 0.3) is 5.69 Å². The summed E-state index contributed by atoms with van der Waals surface area (Å²) >= 11 is 0. The molecule has 1 aromatic carbocycles. The average molecular weight is 380 g/mol. The third kappa shape index (κ3) is 4.32. The van der Waals surface area contributed by atoms with Crippen molar-refractivity contribution in [2.45, 2.75) is 47.0 Å². The maximum atomic E-state index is 12.2. The lowest BCUT2D eigenvalue weighted by molar-refractivity contribution is -0.146. The summed E-state index contributed by atoms with van der Waals surface area (Å²) in [5, 5.41) is 4.02. The Labute approximate surface area is 166 Å². The van der Waals surface area contributed by atoms with E-state index in [1.165, 1.54) is 11.1 Å². The van der Waals surface area contributed by atoms with E-state index in [4.69, 9.17) is 0 Å². The molecule has 28 heavy (non-hydrogen) atoms. The number of hydrogen-bond acceptors (Lipinski definition) is 3. The summed E-state index contributed by atoms with van der Waals surface area (Å²) in [6.07, 6.45) is 4.61. The molecule has 1 fully saturated rings. The second-order valence-corrected chi connectivity index (χ2v) is 7.56. The Kier molecular flexibility index (Phi) is 5.97. The molecule has 1 saturated heterocycles. The second kappa shape index (κ2) is 8.42. The minimum atomic E-state index is -0.679. The van der Waals surface area contributed by atoms with E-state index in [1.54, 1.807) is 11.1 Å². The van der Waals surface area contributed by atoms with Crippen molar-refractivity contribution in [3.63, 3.8) is 0 Å². The number of hydrogen-bond donors (Lipinski definition) is 1. The predicted molar refractivity (Wildman–Crippen MR) is 111 cm³/mol. The van der Waals surface area contributed by atoms with E-state index in [1.807, 2.05) is 19.9 Å². The van der Waals surface area contributed by atoms with E-state index in [2.05, 4.69) is 47.1 Å². The number of carbonyl (C=O) groups is 2. The fourth-order valence-corrected chi connectivity index (χ4v) is 3.84. The van der Waals surface area contributed by atoms with E-state index in [0.29, 0.717) is 13.1 Å². The van der Waals surface area contributed by atoms with Crippen LogP contribution in [0.3, 0.4) is 0 Å². The highest BCUT2D eigenvalue weighted by Crippen LogP contribution is 2.21. The van der Waals surface area contributed by atoms with Gasteiger partial charge in [0.2, 0.25) is 0 Å². The zero-order chi connectivity index (χ0) is 20.3. The van der Waals surface area contributed by atoms with Crippen LogP contribution in [0, 0.1) is 27.7 Å². The Hall–Kier alpha value is -2.89. The number of nitrogens with one attached hydrogen (secondary N) is 1. The quantitative estimate of drug-likeness (QED) is 0.505. The van der Waals surface area contributed by atoms with Gasteiger partial charge in [-0.3, -0.25) is 9.59 Å². The van der Waals surface area contributed by atoms with Gasteiger partial charge < -0.3 is 9.47 Å². The Morgan fingerprint density at radius 1 is 0.964 bits per heavy atom. The number of nitrogens with zero attached hydrogens (tertiary/aromatic N) is 3. The molecule has 148 valence electrons. The van der Waals surface area contributed by atoms with Crippen molar-refractivity contribution in [1.82, 2.24) is 14.9 Å². The van der Waals surface area contributed by atoms with Crippen LogP contribution in [0.4, 0.5) is 0 Å². The number of aryl methyl sites for hydroxylation is 3. The van der Waals surface area contributed by atoms with E-state index >= 15 is 0 Å². The Balaban J connectivity index is 1.72. The molecule has 0 saturated carbocycles. The minimum Gasteiger partial charge on any atom is -0.334 e. The van der Waals surface area contributed by atoms with Gasteiger partial charge in [-0.1, -0.05) is 6.07 Å². The molecule has 0 unspecified atom stereocenters. The van der Waals surface area contributed by atoms with E-state index in [9.17, 15) is 9.59 Å². The highest BCUT2D eigenvalue weighted by atomic mass is 16.2. The van der Waals surface area contributed by atoms with Crippen LogP contribution in [-0.4, -0.2) is 40.6 Å². The van der Waals surface area contributed by atoms with Gasteiger partial charge in [-0.2, -0.15) is 5.10 Å². The summed E-state index contributed by atoms with van der Waals surface area (Å²) in [7, 11) is 0. The summed E-state index contributed by atoms with van der Waals surface area (Å²) in [6, 6.07) is 8.46. The van der Waals surface area contributed by atoms with Crippen molar-refractivity contribution >= 4 is 18.0 Å². The van der Waals surface area contributed by atoms with Gasteiger partial charge in [0, 0.05) is 35.7 Å². The fraction of sp³-hybridized carbons (Fsp3) is 0.409. The van der Waals surface area contributed by atoms with Gasteiger partial charge in [0.05, 0.1) is 6.21 Å². The summed E-state index contributed by atoms with van der Waals surface area (Å²) in [5.74, 6) is -1.18. The number of rotatable bonds is 3. The van der Waals surface area contributed by atoms with Gasteiger partial charge in [0.15, 0.2) is 0 Å². The highest BCUT2D eigenvalue weighted by Gasteiger charge is 2.22. The zero-order valence-electron chi connectivity index (χ0n) is 17.1. The van der Waals surface area contributed by atoms with Gasteiger partial charge in [0.25, 0.3) is 0 Å². The largest absolute Gasteiger partial charge is 0.334 e. The van der Waals surface area contributed by atoms with Crippen LogP contribution in [-0.2, 0) is 9.59 Å². The number of likely N-dealkylation sites (tertiary alicyclic amines) is 1. The first-order valence-electron chi connectivity index (χ1n) is 9.77. The van der Waals surface area contributed by atoms with Gasteiger partial charge in [-0.25, -0.2) is 5.43 Å². The van der Waals surface area contributed by atoms with E-state index in [-0.39, 0.29) is 0 Å². The maximum Gasteiger partial charge on any atom is 0.329 e. The van der Waals surface area contributed by atoms with Crippen LogP contribution in [0.1, 0.15) is 47.3 Å². The summed E-state index contributed by atoms with van der Waals surface area (Å²) in [4.78, 5) is 25.8. The monoisotopic (exact) mass is 380 g/mol. The van der Waals surface area contributed by atoms with Crippen molar-refractivity contribution in [3.05, 3.63) is 52.3 Å². The van der Waals surface area contributed by atoms with Crippen LogP contribution in [0.15, 0.2) is 29.4 Å². The zero-order valence-corrected chi connectivity index (χ0v) is 17.1. The molecular formula is C22H28N4O2. The predicted octanol–water partition coefficient (Wildman–Crippen LogP) is 3.17. The molecule has 6 nitrogen and oxygen atoms in total. The maximum absolute atomic E-state index is 12.2. The number of benzene rings is 1. The average Bonchev–Trinajstić information content (AvgIpc) is 2.94. The smallest absolute Gasteiger partial charge is 0.329 e. The first kappa shape index (κ1) is 19.9. The topological polar surface area (TPSA) is 66.7 Å². The Bertz CT molecular complexity index is 901. The number of amides is 2. The molecule has 1 aliphatic rings. The molecule has 0 atom stereocenters. The third-order valence-electron chi connectivity index (χ3n) is 5.14. The molecule has 2 heterocycles. The van der Waals surface area contributed by atoms with Crippen LogP contribution in [0.5, 0.6) is 0 Å². The molecule has 2 amide bonds. The Morgan fingerprint density at radius 3 is 2.25 bits per heavy atom. The molecule has 6 heteroatoms. The molecule has 0 radical (unpaired) electrons. The molecule has 1 aromatic heterocycles. The number of piperidine rings is 1. The van der Waals surface area contributed by atoms with Crippen molar-refractivity contribution < 1.29 is 9.59 Å². The number of aromatic nitrogens is 1. The summed E-state index contributed by atoms with van der Waals surface area (Å²) in [5.41, 5.74) is 8.92. The number of hydrazone groups is 1. The van der Waals surface area contributed by atoms with Gasteiger partial charge in [0.1, 0.15) is 0 Å². The normalized spacial score (nSPS) is 14.5. The molecule has 0 aliphatic carbocycles. The molecule has 2 aromatic rings. The van der Waals surface area contributed by atoms with Crippen molar-refractivity contribution in [2.24, 2.45) is 5.10 Å². The molecule has 0 bridgehead atoms. The third-order valence-corrected chi connectivity index (χ3v) is 5.14. The molecule has 1 aliphatic heterocycles. The van der Waals surface area contributed by atoms with Crippen molar-refractivity contribution in [1.29, 1.82) is 0 Å². The van der Waals surface area contributed by atoms with Gasteiger partial charge >= 0.3 is 11.8 Å². The van der Waals surface area contributed by atoms with Crippen LogP contribution in [0.2, 0.25) is 0 Å². The summed E-state index contributed by atoms with van der Waals surface area (Å²) < 4.78 is 2.17. The summed E-state index contributed by atoms with van der Waals surface area (Å²) in [6.45, 7) is 9.52. The van der Waals surface area contributed by atoms with Crippen molar-refractivity contribution in [3.8, 4) is 5.69 Å². The molecule has 1 N–H and O–H groups in total. The first-order valence-corrected chi connectivity index (χ1v) is 9.77. The van der Waals surface area contributed by atoms with Gasteiger partial charge in [-0.15, -0.1) is 0 Å². The van der Waals surface area contributed by atoms with E-state index < -0.39 is 11.8 Å². The highest BCUT2D eigenvalue weighted by molar-refractivity contribution is 6.35. The lowest BCUT2D eigenvalue weighted by Gasteiger charge is -2.25. The van der Waals surface area contributed by atoms with Crippen molar-refractivity contribution in [2.75, 3.05) is 13.1 Å². The SMILES string of the molecule is Cc1cc(C)cc(-n2c(C)cc(/C=N\NC(=O)C(=O)N3CCCCC3)c2C)c1.